The Labute approximate surface area is 121 Å². The Morgan fingerprint density at radius 2 is 2.15 bits per heavy atom. The van der Waals surface area contributed by atoms with E-state index in [4.69, 9.17) is 4.74 Å². The quantitative estimate of drug-likeness (QED) is 0.824. The van der Waals surface area contributed by atoms with Gasteiger partial charge in [-0.3, -0.25) is 19.7 Å². The SMILES string of the molecule is CC.COc1ccsc1C(=O)NC1CCC(=O)NC1=O. The molecule has 2 N–H and O–H groups in total. The van der Waals surface area contributed by atoms with Crippen molar-refractivity contribution in [2.75, 3.05) is 7.11 Å². The summed E-state index contributed by atoms with van der Waals surface area (Å²) in [6, 6.07) is 1.02. The molecule has 1 aliphatic heterocycles. The molecule has 2 rings (SSSR count). The topological polar surface area (TPSA) is 84.5 Å². The summed E-state index contributed by atoms with van der Waals surface area (Å²) in [6.45, 7) is 4.00. The van der Waals surface area contributed by atoms with E-state index in [1.54, 1.807) is 11.4 Å². The highest BCUT2D eigenvalue weighted by atomic mass is 32.1. The lowest BCUT2D eigenvalue weighted by molar-refractivity contribution is -0.134. The molecule has 0 aromatic carbocycles. The Morgan fingerprint density at radius 1 is 1.45 bits per heavy atom. The van der Waals surface area contributed by atoms with Crippen LogP contribution in [0.1, 0.15) is 36.4 Å². The highest BCUT2D eigenvalue weighted by Gasteiger charge is 2.29. The molecule has 0 spiro atoms. The van der Waals surface area contributed by atoms with Crippen molar-refractivity contribution in [2.45, 2.75) is 32.7 Å². The number of nitrogens with one attached hydrogen (secondary N) is 2. The molecule has 1 atom stereocenters. The van der Waals surface area contributed by atoms with Crippen molar-refractivity contribution in [1.29, 1.82) is 0 Å². The molecule has 1 fully saturated rings. The standard InChI is InChI=1S/C11H12N2O4S.C2H6/c1-17-7-4-5-18-9(7)11(16)12-6-2-3-8(14)13-10(6)15;1-2/h4-6H,2-3H2,1H3,(H,12,16)(H,13,14,15);1-2H3. The molecule has 7 heteroatoms. The molecule has 2 heterocycles. The molecular formula is C13H18N2O4S. The lowest BCUT2D eigenvalue weighted by Crippen LogP contribution is -2.52. The molecule has 0 saturated carbocycles. The van der Waals surface area contributed by atoms with Crippen LogP contribution >= 0.6 is 11.3 Å². The number of hydrogen-bond acceptors (Lipinski definition) is 5. The van der Waals surface area contributed by atoms with Gasteiger partial charge in [-0.2, -0.15) is 0 Å². The Balaban J connectivity index is 0.000000956. The smallest absolute Gasteiger partial charge is 0.265 e. The lowest BCUT2D eigenvalue weighted by atomic mass is 10.1. The first-order valence-electron chi connectivity index (χ1n) is 6.38. The average Bonchev–Trinajstić information content (AvgIpc) is 2.92. The van der Waals surface area contributed by atoms with Crippen molar-refractivity contribution in [3.63, 3.8) is 0 Å². The summed E-state index contributed by atoms with van der Waals surface area (Å²) in [5.41, 5.74) is 0. The first-order chi connectivity index (χ1) is 9.61. The van der Waals surface area contributed by atoms with Crippen molar-refractivity contribution < 1.29 is 19.1 Å². The average molecular weight is 298 g/mol. The number of hydrogen-bond donors (Lipinski definition) is 2. The van der Waals surface area contributed by atoms with Crippen LogP contribution < -0.4 is 15.4 Å². The molecule has 0 radical (unpaired) electrons. The van der Waals surface area contributed by atoms with Crippen LogP contribution in [-0.4, -0.2) is 30.9 Å². The van der Waals surface area contributed by atoms with Crippen molar-refractivity contribution >= 4 is 29.1 Å². The maximum absolute atomic E-state index is 11.9. The predicted molar refractivity (Wildman–Crippen MR) is 75.9 cm³/mol. The highest BCUT2D eigenvalue weighted by Crippen LogP contribution is 2.24. The third-order valence-corrected chi connectivity index (χ3v) is 3.49. The fraction of sp³-hybridized carbons (Fsp3) is 0.462. The van der Waals surface area contributed by atoms with Crippen LogP contribution in [0.5, 0.6) is 5.75 Å². The second-order valence-corrected chi connectivity index (χ2v) is 4.71. The van der Waals surface area contributed by atoms with Gasteiger partial charge in [0.05, 0.1) is 7.11 Å². The van der Waals surface area contributed by atoms with E-state index in [2.05, 4.69) is 10.6 Å². The third-order valence-electron chi connectivity index (χ3n) is 2.60. The molecule has 1 saturated heterocycles. The minimum Gasteiger partial charge on any atom is -0.495 e. The summed E-state index contributed by atoms with van der Waals surface area (Å²) < 4.78 is 5.03. The van der Waals surface area contributed by atoms with Gasteiger partial charge in [0.15, 0.2) is 0 Å². The number of imide groups is 1. The third kappa shape index (κ3) is 3.80. The zero-order valence-corrected chi connectivity index (χ0v) is 12.5. The van der Waals surface area contributed by atoms with Gasteiger partial charge in [-0.05, 0) is 17.9 Å². The predicted octanol–water partition coefficient (Wildman–Crippen LogP) is 1.32. The number of carbonyl (C=O) groups is 3. The molecule has 20 heavy (non-hydrogen) atoms. The van der Waals surface area contributed by atoms with Gasteiger partial charge in [-0.1, -0.05) is 13.8 Å². The monoisotopic (exact) mass is 298 g/mol. The lowest BCUT2D eigenvalue weighted by Gasteiger charge is -2.21. The first-order valence-corrected chi connectivity index (χ1v) is 7.26. The first kappa shape index (κ1) is 16.2. The number of methoxy groups -OCH3 is 1. The molecule has 0 bridgehead atoms. The van der Waals surface area contributed by atoms with E-state index in [0.29, 0.717) is 17.0 Å². The van der Waals surface area contributed by atoms with E-state index >= 15 is 0 Å². The van der Waals surface area contributed by atoms with Gasteiger partial charge in [-0.25, -0.2) is 0 Å². The van der Waals surface area contributed by atoms with Crippen molar-refractivity contribution in [3.8, 4) is 5.75 Å². The zero-order valence-electron chi connectivity index (χ0n) is 11.7. The summed E-state index contributed by atoms with van der Waals surface area (Å²) in [5, 5.41) is 6.52. The van der Waals surface area contributed by atoms with E-state index in [9.17, 15) is 14.4 Å². The minimum atomic E-state index is -0.665. The van der Waals surface area contributed by atoms with Crippen LogP contribution in [0.4, 0.5) is 0 Å². The highest BCUT2D eigenvalue weighted by molar-refractivity contribution is 7.12. The Bertz CT molecular complexity index is 498. The Hall–Kier alpha value is -1.89. The van der Waals surface area contributed by atoms with E-state index in [-0.39, 0.29) is 18.2 Å². The molecule has 0 aliphatic carbocycles. The van der Waals surface area contributed by atoms with Gasteiger partial charge in [0.25, 0.3) is 5.91 Å². The molecule has 1 aromatic rings. The van der Waals surface area contributed by atoms with E-state index in [0.717, 1.165) is 0 Å². The van der Waals surface area contributed by atoms with E-state index in [1.165, 1.54) is 18.4 Å². The molecule has 110 valence electrons. The van der Waals surface area contributed by atoms with E-state index < -0.39 is 11.9 Å². The number of ether oxygens (including phenoxy) is 1. The van der Waals surface area contributed by atoms with Gasteiger partial charge >= 0.3 is 0 Å². The minimum absolute atomic E-state index is 0.234. The summed E-state index contributed by atoms with van der Waals surface area (Å²) in [4.78, 5) is 34.8. The van der Waals surface area contributed by atoms with E-state index in [1.807, 2.05) is 13.8 Å². The van der Waals surface area contributed by atoms with Gasteiger partial charge < -0.3 is 10.1 Å². The normalized spacial score (nSPS) is 17.6. The molecule has 1 aliphatic rings. The van der Waals surface area contributed by atoms with Gasteiger partial charge in [0.2, 0.25) is 11.8 Å². The van der Waals surface area contributed by atoms with Crippen LogP contribution in [0.2, 0.25) is 0 Å². The van der Waals surface area contributed by atoms with Crippen molar-refractivity contribution in [3.05, 3.63) is 16.3 Å². The van der Waals surface area contributed by atoms with Gasteiger partial charge in [0, 0.05) is 6.42 Å². The fourth-order valence-electron chi connectivity index (χ4n) is 1.68. The molecule has 1 unspecified atom stereocenters. The summed E-state index contributed by atoms with van der Waals surface area (Å²) in [6.07, 6.45) is 0.558. The maximum atomic E-state index is 11.9. The summed E-state index contributed by atoms with van der Waals surface area (Å²) >= 11 is 1.24. The van der Waals surface area contributed by atoms with Crippen molar-refractivity contribution in [2.24, 2.45) is 0 Å². The van der Waals surface area contributed by atoms with Crippen LogP contribution in [0.25, 0.3) is 0 Å². The summed E-state index contributed by atoms with van der Waals surface area (Å²) in [7, 11) is 1.48. The zero-order chi connectivity index (χ0) is 15.1. The number of thiophene rings is 1. The van der Waals surface area contributed by atoms with Crippen LogP contribution in [0.3, 0.4) is 0 Å². The van der Waals surface area contributed by atoms with Crippen LogP contribution in [0.15, 0.2) is 11.4 Å². The van der Waals surface area contributed by atoms with Crippen molar-refractivity contribution in [1.82, 2.24) is 10.6 Å². The number of piperidine rings is 1. The molecule has 6 nitrogen and oxygen atoms in total. The largest absolute Gasteiger partial charge is 0.495 e. The summed E-state index contributed by atoms with van der Waals surface area (Å²) in [5.74, 6) is -0.657. The Kier molecular flexibility index (Phi) is 6.17. The molecular weight excluding hydrogens is 280 g/mol. The molecule has 3 amide bonds. The second-order valence-electron chi connectivity index (χ2n) is 3.80. The molecule has 1 aromatic heterocycles. The van der Waals surface area contributed by atoms with Gasteiger partial charge in [-0.15, -0.1) is 11.3 Å². The maximum Gasteiger partial charge on any atom is 0.265 e. The van der Waals surface area contributed by atoms with Crippen LogP contribution in [0, 0.1) is 0 Å². The number of carbonyl (C=O) groups excluding carboxylic acids is 3. The Morgan fingerprint density at radius 3 is 2.75 bits per heavy atom. The van der Waals surface area contributed by atoms with Gasteiger partial charge in [0.1, 0.15) is 16.7 Å². The van der Waals surface area contributed by atoms with Crippen LogP contribution in [-0.2, 0) is 9.59 Å². The second kappa shape index (κ2) is 7.64. The number of amides is 3. The fourth-order valence-corrected chi connectivity index (χ4v) is 2.44. The number of rotatable bonds is 3.